The molecule has 3 N–H and O–H groups in total. The number of hydrogen-bond donors (Lipinski definition) is 2. The number of carbonyl (C=O) groups is 3. The van der Waals surface area contributed by atoms with Gasteiger partial charge in [0.05, 0.1) is 12.0 Å². The molecule has 0 bridgehead atoms. The molecule has 37 heavy (non-hydrogen) atoms. The van der Waals surface area contributed by atoms with Crippen LogP contribution >= 0.6 is 0 Å². The van der Waals surface area contributed by atoms with Crippen LogP contribution < -0.4 is 16.0 Å². The molecule has 1 aliphatic rings. The van der Waals surface area contributed by atoms with Gasteiger partial charge in [-0.1, -0.05) is 6.92 Å². The van der Waals surface area contributed by atoms with E-state index in [-0.39, 0.29) is 24.2 Å². The Bertz CT molecular complexity index is 1350. The Morgan fingerprint density at radius 3 is 2.59 bits per heavy atom. The fourth-order valence-corrected chi connectivity index (χ4v) is 4.51. The van der Waals surface area contributed by atoms with E-state index in [1.807, 2.05) is 0 Å². The monoisotopic (exact) mass is 511 g/mol. The number of nitrogens with two attached hydrogens (primary N) is 1. The van der Waals surface area contributed by atoms with Gasteiger partial charge >= 0.3 is 6.03 Å². The summed E-state index contributed by atoms with van der Waals surface area (Å²) in [7, 11) is 3.21. The van der Waals surface area contributed by atoms with Gasteiger partial charge in [0.15, 0.2) is 0 Å². The second-order valence-corrected chi connectivity index (χ2v) is 8.86. The van der Waals surface area contributed by atoms with E-state index in [2.05, 4.69) is 15.3 Å². The van der Waals surface area contributed by atoms with Crippen LogP contribution in [-0.4, -0.2) is 50.4 Å². The number of aryl methyl sites for hydroxylation is 1. The molecule has 1 saturated heterocycles. The number of nitrogens with zero attached hydrogens (tertiary/aromatic N) is 5. The molecule has 194 valence electrons. The molecule has 0 radical (unpaired) electrons. The standard InChI is InChI=1S/C25H27F2N7O3/c1-4-19(16-13-15(26)5-6-18(16)27)31-25(37)34-21(23(36)33(3)24-30-9-10-32(24)2)17(22(34)35)11-14-7-8-29-20(28)12-14/h5-10,12-13,17,19,21H,4,11H2,1-3H3,(H2,28,29)(H,31,37)/t17-,19-,21+/m1/s1. The maximum absolute atomic E-state index is 14.4. The highest BCUT2D eigenvalue weighted by atomic mass is 19.1. The number of nitrogens with one attached hydrogen (secondary N) is 1. The molecule has 4 amide bonds. The highest BCUT2D eigenvalue weighted by Gasteiger charge is 2.55. The molecule has 3 aromatic rings. The largest absolute Gasteiger partial charge is 0.384 e. The number of imide groups is 1. The Kier molecular flexibility index (Phi) is 7.18. The summed E-state index contributed by atoms with van der Waals surface area (Å²) in [6, 6.07) is 3.27. The van der Waals surface area contributed by atoms with Gasteiger partial charge in [0, 0.05) is 38.2 Å². The molecule has 3 heterocycles. The van der Waals surface area contributed by atoms with Crippen molar-refractivity contribution in [1.29, 1.82) is 0 Å². The van der Waals surface area contributed by atoms with Crippen LogP contribution in [0.25, 0.3) is 0 Å². The second-order valence-electron chi connectivity index (χ2n) is 8.86. The third-order valence-corrected chi connectivity index (χ3v) is 6.45. The third-order valence-electron chi connectivity index (χ3n) is 6.45. The van der Waals surface area contributed by atoms with Gasteiger partial charge in [-0.15, -0.1) is 0 Å². The van der Waals surface area contributed by atoms with Gasteiger partial charge in [0.2, 0.25) is 11.9 Å². The van der Waals surface area contributed by atoms with Crippen LogP contribution in [0, 0.1) is 17.6 Å². The van der Waals surface area contributed by atoms with Gasteiger partial charge in [-0.3, -0.25) is 19.4 Å². The van der Waals surface area contributed by atoms with Crippen molar-refractivity contribution in [2.75, 3.05) is 17.7 Å². The van der Waals surface area contributed by atoms with Crippen molar-refractivity contribution >= 4 is 29.6 Å². The Balaban J connectivity index is 1.62. The van der Waals surface area contributed by atoms with Crippen molar-refractivity contribution in [3.05, 3.63) is 71.7 Å². The molecule has 1 fully saturated rings. The molecule has 12 heteroatoms. The topological polar surface area (TPSA) is 126 Å². The van der Waals surface area contributed by atoms with Crippen molar-refractivity contribution in [2.45, 2.75) is 31.8 Å². The van der Waals surface area contributed by atoms with E-state index in [1.54, 1.807) is 36.9 Å². The number of pyridine rings is 1. The molecule has 3 atom stereocenters. The van der Waals surface area contributed by atoms with Crippen molar-refractivity contribution in [1.82, 2.24) is 24.8 Å². The first-order chi connectivity index (χ1) is 17.6. The Morgan fingerprint density at radius 2 is 1.95 bits per heavy atom. The van der Waals surface area contributed by atoms with Gasteiger partial charge in [-0.2, -0.15) is 0 Å². The highest BCUT2D eigenvalue weighted by molar-refractivity contribution is 6.12. The van der Waals surface area contributed by atoms with Crippen LogP contribution in [0.15, 0.2) is 48.9 Å². The number of β-lactam (4-membered cyclic amide) rings is 1. The highest BCUT2D eigenvalue weighted by Crippen LogP contribution is 2.33. The number of amides is 4. The van der Waals surface area contributed by atoms with Crippen LogP contribution in [0.3, 0.4) is 0 Å². The minimum absolute atomic E-state index is 0.0550. The zero-order valence-corrected chi connectivity index (χ0v) is 20.6. The number of anilines is 2. The quantitative estimate of drug-likeness (QED) is 0.470. The summed E-state index contributed by atoms with van der Waals surface area (Å²) in [5, 5.41) is 2.58. The van der Waals surface area contributed by atoms with Crippen molar-refractivity contribution in [3.63, 3.8) is 0 Å². The van der Waals surface area contributed by atoms with E-state index >= 15 is 0 Å². The summed E-state index contributed by atoms with van der Waals surface area (Å²) in [6.07, 6.45) is 5.04. The first-order valence-corrected chi connectivity index (χ1v) is 11.7. The van der Waals surface area contributed by atoms with E-state index in [0.29, 0.717) is 11.5 Å². The van der Waals surface area contributed by atoms with Crippen LogP contribution in [0.2, 0.25) is 0 Å². The molecule has 0 unspecified atom stereocenters. The third kappa shape index (κ3) is 4.99. The predicted octanol–water partition coefficient (Wildman–Crippen LogP) is 2.57. The van der Waals surface area contributed by atoms with Crippen molar-refractivity contribution in [2.24, 2.45) is 13.0 Å². The number of likely N-dealkylation sites (N-methyl/N-ethyl adjacent to an activating group) is 1. The molecule has 1 aromatic carbocycles. The fourth-order valence-electron chi connectivity index (χ4n) is 4.51. The van der Waals surface area contributed by atoms with Gasteiger partial charge in [0.25, 0.3) is 5.91 Å². The zero-order valence-electron chi connectivity index (χ0n) is 20.6. The van der Waals surface area contributed by atoms with E-state index in [9.17, 15) is 23.2 Å². The summed E-state index contributed by atoms with van der Waals surface area (Å²) >= 11 is 0. The van der Waals surface area contributed by atoms with Crippen LogP contribution in [-0.2, 0) is 23.1 Å². The second kappa shape index (κ2) is 10.3. The molecule has 2 aromatic heterocycles. The Hall–Kier alpha value is -4.35. The molecular formula is C25H27F2N7O3. The summed E-state index contributed by atoms with van der Waals surface area (Å²) in [4.78, 5) is 50.3. The minimum Gasteiger partial charge on any atom is -0.384 e. The van der Waals surface area contributed by atoms with E-state index in [4.69, 9.17) is 5.73 Å². The maximum atomic E-state index is 14.4. The molecule has 0 saturated carbocycles. The lowest BCUT2D eigenvalue weighted by Gasteiger charge is -2.45. The van der Waals surface area contributed by atoms with Crippen molar-refractivity contribution in [3.8, 4) is 0 Å². The number of imidazole rings is 1. The van der Waals surface area contributed by atoms with E-state index in [1.165, 1.54) is 24.3 Å². The van der Waals surface area contributed by atoms with Gasteiger partial charge in [-0.25, -0.2) is 23.5 Å². The number of hydrogen-bond acceptors (Lipinski definition) is 6. The number of benzene rings is 1. The first kappa shape index (κ1) is 25.7. The lowest BCUT2D eigenvalue weighted by molar-refractivity contribution is -0.156. The minimum atomic E-state index is -1.15. The molecule has 4 rings (SSSR count). The average Bonchev–Trinajstić information content (AvgIpc) is 3.30. The number of halogens is 2. The lowest BCUT2D eigenvalue weighted by Crippen LogP contribution is -2.70. The lowest BCUT2D eigenvalue weighted by atomic mass is 9.81. The summed E-state index contributed by atoms with van der Waals surface area (Å²) in [5.41, 5.74) is 6.38. The SMILES string of the molecule is CC[C@@H](NC(=O)N1C(=O)[C@H](Cc2ccnc(N)c2)[C@H]1C(=O)N(C)c1nccn1C)c1cc(F)ccc1F. The molecule has 0 spiro atoms. The van der Waals surface area contributed by atoms with Gasteiger partial charge in [0.1, 0.15) is 23.5 Å². The Labute approximate surface area is 212 Å². The zero-order chi connectivity index (χ0) is 26.9. The summed E-state index contributed by atoms with van der Waals surface area (Å²) in [5.74, 6) is -2.73. The number of carbonyl (C=O) groups excluding carboxylic acids is 3. The molecule has 0 aliphatic carbocycles. The van der Waals surface area contributed by atoms with Crippen LogP contribution in [0.1, 0.15) is 30.5 Å². The number of likely N-dealkylation sites (tertiary alicyclic amines) is 1. The Morgan fingerprint density at radius 1 is 1.19 bits per heavy atom. The van der Waals surface area contributed by atoms with Gasteiger partial charge in [-0.05, 0) is 48.7 Å². The molecule has 1 aliphatic heterocycles. The predicted molar refractivity (Wildman–Crippen MR) is 131 cm³/mol. The number of urea groups is 1. The molecular weight excluding hydrogens is 484 g/mol. The van der Waals surface area contributed by atoms with Crippen molar-refractivity contribution < 1.29 is 23.2 Å². The normalized spacial score (nSPS) is 17.8. The maximum Gasteiger partial charge on any atom is 0.325 e. The fraction of sp³-hybridized carbons (Fsp3) is 0.320. The van der Waals surface area contributed by atoms with E-state index in [0.717, 1.165) is 23.1 Å². The average molecular weight is 512 g/mol. The van der Waals surface area contributed by atoms with Gasteiger partial charge < -0.3 is 15.6 Å². The molecule has 10 nitrogen and oxygen atoms in total. The number of nitrogen functional groups attached to an aromatic ring is 1. The van der Waals surface area contributed by atoms with Crippen LogP contribution in [0.4, 0.5) is 25.3 Å². The number of aromatic nitrogens is 3. The summed E-state index contributed by atoms with van der Waals surface area (Å²) in [6.45, 7) is 1.68. The van der Waals surface area contributed by atoms with E-state index < -0.39 is 47.5 Å². The summed E-state index contributed by atoms with van der Waals surface area (Å²) < 4.78 is 29.8. The van der Waals surface area contributed by atoms with Crippen LogP contribution in [0.5, 0.6) is 0 Å². The smallest absolute Gasteiger partial charge is 0.325 e. The first-order valence-electron chi connectivity index (χ1n) is 11.7. The number of rotatable bonds is 7.